The van der Waals surface area contributed by atoms with Gasteiger partial charge in [-0.2, -0.15) is 4.98 Å². The van der Waals surface area contributed by atoms with Crippen molar-refractivity contribution < 1.29 is 4.74 Å². The summed E-state index contributed by atoms with van der Waals surface area (Å²) in [5, 5.41) is 0. The molecule has 8 heteroatoms. The molecule has 1 aliphatic heterocycles. The van der Waals surface area contributed by atoms with E-state index >= 15 is 0 Å². The summed E-state index contributed by atoms with van der Waals surface area (Å²) >= 11 is 0. The molecule has 0 bridgehead atoms. The van der Waals surface area contributed by atoms with Crippen LogP contribution in [0.3, 0.4) is 0 Å². The Balaban J connectivity index is 1.85. The van der Waals surface area contributed by atoms with Gasteiger partial charge < -0.3 is 14.2 Å². The van der Waals surface area contributed by atoms with Crippen LogP contribution < -0.4 is 16.1 Å². The standard InChI is InChI=1S/C21H27N5O3/c1-4-15-7-9-16(10-8-15)24-11-6-12-25-17-18(22-20(24)25)23(3)21(28)26(19(17)27)13-14-29-5-2/h7-10H,4-6,11-14H2,1-3H3. The van der Waals surface area contributed by atoms with Gasteiger partial charge in [-0.25, -0.2) is 4.79 Å². The number of hydrogen-bond donors (Lipinski definition) is 0. The Hall–Kier alpha value is -2.87. The molecular formula is C21H27N5O3. The monoisotopic (exact) mass is 397 g/mol. The highest BCUT2D eigenvalue weighted by Gasteiger charge is 2.26. The van der Waals surface area contributed by atoms with Crippen molar-refractivity contribution in [2.45, 2.75) is 39.8 Å². The van der Waals surface area contributed by atoms with E-state index in [4.69, 9.17) is 9.72 Å². The molecule has 0 aliphatic carbocycles. The summed E-state index contributed by atoms with van der Waals surface area (Å²) in [6, 6.07) is 8.42. The molecule has 154 valence electrons. The molecule has 0 amide bonds. The fraction of sp³-hybridized carbons (Fsp3) is 0.476. The topological polar surface area (TPSA) is 74.3 Å². The number of rotatable bonds is 6. The average Bonchev–Trinajstić information content (AvgIpc) is 3.15. The normalized spacial score (nSPS) is 13.8. The first-order chi connectivity index (χ1) is 14.1. The lowest BCUT2D eigenvalue weighted by Gasteiger charge is -2.29. The molecule has 0 saturated carbocycles. The van der Waals surface area contributed by atoms with Crippen molar-refractivity contribution in [3.8, 4) is 0 Å². The van der Waals surface area contributed by atoms with Gasteiger partial charge in [0.25, 0.3) is 5.56 Å². The van der Waals surface area contributed by atoms with Gasteiger partial charge in [0.05, 0.1) is 13.2 Å². The third kappa shape index (κ3) is 3.27. The molecule has 4 rings (SSSR count). The summed E-state index contributed by atoms with van der Waals surface area (Å²) in [7, 11) is 1.67. The number of nitrogens with zero attached hydrogens (tertiary/aromatic N) is 5. The second-order valence-electron chi connectivity index (χ2n) is 7.26. The van der Waals surface area contributed by atoms with Gasteiger partial charge in [-0.05, 0) is 37.5 Å². The highest BCUT2D eigenvalue weighted by molar-refractivity contribution is 5.77. The smallest absolute Gasteiger partial charge is 0.332 e. The number of fused-ring (bicyclic) bond motifs is 3. The molecule has 3 heterocycles. The maximum atomic E-state index is 13.2. The van der Waals surface area contributed by atoms with Gasteiger partial charge in [-0.15, -0.1) is 0 Å². The van der Waals surface area contributed by atoms with Gasteiger partial charge in [0.15, 0.2) is 11.2 Å². The first-order valence-corrected chi connectivity index (χ1v) is 10.2. The Bertz CT molecular complexity index is 1140. The fourth-order valence-electron chi connectivity index (χ4n) is 3.92. The zero-order valence-corrected chi connectivity index (χ0v) is 17.2. The van der Waals surface area contributed by atoms with Gasteiger partial charge in [0.1, 0.15) is 0 Å². The minimum absolute atomic E-state index is 0.234. The van der Waals surface area contributed by atoms with Crippen LogP contribution in [0.1, 0.15) is 25.8 Å². The van der Waals surface area contributed by atoms with E-state index in [1.54, 1.807) is 7.05 Å². The first kappa shape index (κ1) is 19.4. The van der Waals surface area contributed by atoms with Crippen molar-refractivity contribution in [2.75, 3.05) is 24.7 Å². The highest BCUT2D eigenvalue weighted by Crippen LogP contribution is 2.31. The zero-order chi connectivity index (χ0) is 20.5. The van der Waals surface area contributed by atoms with E-state index in [-0.39, 0.29) is 17.8 Å². The van der Waals surface area contributed by atoms with E-state index in [0.717, 1.165) is 25.1 Å². The average molecular weight is 397 g/mol. The number of hydrogen-bond acceptors (Lipinski definition) is 5. The third-order valence-corrected chi connectivity index (χ3v) is 5.54. The van der Waals surface area contributed by atoms with Crippen molar-refractivity contribution in [1.82, 2.24) is 18.7 Å². The number of benzene rings is 1. The van der Waals surface area contributed by atoms with Crippen LogP contribution in [0, 0.1) is 0 Å². The van der Waals surface area contributed by atoms with Crippen LogP contribution in [0.5, 0.6) is 0 Å². The van der Waals surface area contributed by atoms with E-state index in [2.05, 4.69) is 36.1 Å². The molecule has 0 unspecified atom stereocenters. The van der Waals surface area contributed by atoms with E-state index in [9.17, 15) is 9.59 Å². The lowest BCUT2D eigenvalue weighted by Crippen LogP contribution is -2.40. The maximum absolute atomic E-state index is 13.2. The van der Waals surface area contributed by atoms with Crippen molar-refractivity contribution >= 4 is 22.8 Å². The minimum atomic E-state index is -0.364. The van der Waals surface area contributed by atoms with E-state index in [0.29, 0.717) is 36.9 Å². The Morgan fingerprint density at radius 2 is 1.86 bits per heavy atom. The predicted molar refractivity (Wildman–Crippen MR) is 113 cm³/mol. The van der Waals surface area contributed by atoms with Crippen molar-refractivity contribution in [1.29, 1.82) is 0 Å². The number of ether oxygens (including phenoxy) is 1. The second kappa shape index (κ2) is 7.87. The molecule has 0 saturated heterocycles. The van der Waals surface area contributed by atoms with Gasteiger partial charge in [0.2, 0.25) is 5.95 Å². The molecule has 0 fully saturated rings. The van der Waals surface area contributed by atoms with Crippen molar-refractivity contribution in [3.05, 3.63) is 50.7 Å². The zero-order valence-electron chi connectivity index (χ0n) is 17.2. The molecule has 1 aliphatic rings. The summed E-state index contributed by atoms with van der Waals surface area (Å²) in [6.07, 6.45) is 1.89. The van der Waals surface area contributed by atoms with Crippen molar-refractivity contribution in [3.63, 3.8) is 0 Å². The Labute approximate surface area is 169 Å². The van der Waals surface area contributed by atoms with Crippen LogP contribution in [0.2, 0.25) is 0 Å². The number of imidazole rings is 1. The molecule has 0 spiro atoms. The summed E-state index contributed by atoms with van der Waals surface area (Å²) in [4.78, 5) is 32.8. The quantitative estimate of drug-likeness (QED) is 0.595. The number of anilines is 2. The largest absolute Gasteiger partial charge is 0.380 e. The molecule has 3 aromatic rings. The van der Waals surface area contributed by atoms with Crippen LogP contribution in [0.15, 0.2) is 33.9 Å². The predicted octanol–water partition coefficient (Wildman–Crippen LogP) is 2.04. The van der Waals surface area contributed by atoms with Crippen LogP contribution in [0.25, 0.3) is 11.2 Å². The summed E-state index contributed by atoms with van der Waals surface area (Å²) in [6.45, 7) is 6.65. The maximum Gasteiger partial charge on any atom is 0.332 e. The van der Waals surface area contributed by atoms with E-state index in [1.807, 2.05) is 11.5 Å². The Morgan fingerprint density at radius 3 is 2.55 bits per heavy atom. The minimum Gasteiger partial charge on any atom is -0.380 e. The molecule has 8 nitrogen and oxygen atoms in total. The molecular weight excluding hydrogens is 370 g/mol. The van der Waals surface area contributed by atoms with Crippen LogP contribution in [0.4, 0.5) is 11.6 Å². The molecule has 2 aromatic heterocycles. The SMILES string of the molecule is CCOCCn1c(=O)c2c(nc3n2CCCN3c2ccc(CC)cc2)n(C)c1=O. The molecule has 0 N–H and O–H groups in total. The lowest BCUT2D eigenvalue weighted by molar-refractivity contribution is 0.137. The van der Waals surface area contributed by atoms with Gasteiger partial charge in [0, 0.05) is 32.4 Å². The molecule has 1 aromatic carbocycles. The number of aromatic nitrogens is 4. The van der Waals surface area contributed by atoms with Crippen molar-refractivity contribution in [2.24, 2.45) is 7.05 Å². The summed E-state index contributed by atoms with van der Waals surface area (Å²) in [5.74, 6) is 0.713. The molecule has 29 heavy (non-hydrogen) atoms. The Morgan fingerprint density at radius 1 is 1.10 bits per heavy atom. The van der Waals surface area contributed by atoms with Gasteiger partial charge >= 0.3 is 5.69 Å². The second-order valence-corrected chi connectivity index (χ2v) is 7.26. The number of aryl methyl sites for hydroxylation is 3. The van der Waals surface area contributed by atoms with Gasteiger partial charge in [-0.3, -0.25) is 13.9 Å². The fourth-order valence-corrected chi connectivity index (χ4v) is 3.92. The highest BCUT2D eigenvalue weighted by atomic mass is 16.5. The first-order valence-electron chi connectivity index (χ1n) is 10.2. The van der Waals surface area contributed by atoms with Crippen LogP contribution in [-0.4, -0.2) is 38.4 Å². The van der Waals surface area contributed by atoms with Crippen LogP contribution >= 0.6 is 0 Å². The molecule has 0 radical (unpaired) electrons. The van der Waals surface area contributed by atoms with E-state index < -0.39 is 0 Å². The lowest BCUT2D eigenvalue weighted by atomic mass is 10.1. The van der Waals surface area contributed by atoms with E-state index in [1.165, 1.54) is 14.7 Å². The van der Waals surface area contributed by atoms with Crippen LogP contribution in [-0.2, 0) is 31.3 Å². The molecule has 0 atom stereocenters. The van der Waals surface area contributed by atoms with Gasteiger partial charge in [-0.1, -0.05) is 19.1 Å². The summed E-state index contributed by atoms with van der Waals surface area (Å²) < 4.78 is 10.0. The Kier molecular flexibility index (Phi) is 5.27. The summed E-state index contributed by atoms with van der Waals surface area (Å²) in [5.41, 5.74) is 2.56. The third-order valence-electron chi connectivity index (χ3n) is 5.54.